The largest absolute Gasteiger partial charge is 0.351 e. The Hall–Kier alpha value is -3.56. The number of fused-ring (bicyclic) bond motifs is 4. The fraction of sp³-hybridized carbons (Fsp3) is 0.211. The van der Waals surface area contributed by atoms with Crippen molar-refractivity contribution in [2.24, 2.45) is 5.92 Å². The summed E-state index contributed by atoms with van der Waals surface area (Å²) in [5, 5.41) is 5.33. The van der Waals surface area contributed by atoms with Crippen molar-refractivity contribution in [2.75, 3.05) is 13.2 Å². The Morgan fingerprint density at radius 3 is 2.52 bits per heavy atom. The minimum atomic E-state index is -1.09. The zero-order chi connectivity index (χ0) is 20.7. The van der Waals surface area contributed by atoms with E-state index in [1.165, 1.54) is 34.3 Å². The second-order valence-corrected chi connectivity index (χ2v) is 6.68. The lowest BCUT2D eigenvalue weighted by Crippen LogP contribution is -2.56. The molecule has 0 saturated carbocycles. The van der Waals surface area contributed by atoms with Gasteiger partial charge in [-0.2, -0.15) is 0 Å². The molecule has 0 radical (unpaired) electrons. The molecular formula is C19H15F3N4O3. The molecule has 4 rings (SSSR count). The average Bonchev–Trinajstić information content (AvgIpc) is 2.79. The number of amides is 3. The van der Waals surface area contributed by atoms with Crippen LogP contribution in [0.3, 0.4) is 0 Å². The third-order valence-corrected chi connectivity index (χ3v) is 4.80. The molecule has 1 N–H and O–H groups in total. The molecule has 1 fully saturated rings. The molecule has 0 spiro atoms. The maximum absolute atomic E-state index is 13.7. The number of rotatable bonds is 3. The lowest BCUT2D eigenvalue weighted by molar-refractivity contribution is -0.149. The monoisotopic (exact) mass is 404 g/mol. The second kappa shape index (κ2) is 7.12. The number of hydrazine groups is 1. The van der Waals surface area contributed by atoms with Crippen molar-refractivity contribution in [1.82, 2.24) is 20.2 Å². The van der Waals surface area contributed by atoms with Crippen molar-refractivity contribution >= 4 is 17.7 Å². The summed E-state index contributed by atoms with van der Waals surface area (Å²) in [7, 11) is 0. The van der Waals surface area contributed by atoms with Gasteiger partial charge in [-0.15, -0.1) is 0 Å². The quantitative estimate of drug-likeness (QED) is 0.821. The van der Waals surface area contributed by atoms with E-state index >= 15 is 0 Å². The van der Waals surface area contributed by atoms with Crippen LogP contribution >= 0.6 is 0 Å². The minimum Gasteiger partial charge on any atom is -0.351 e. The Morgan fingerprint density at radius 2 is 1.79 bits per heavy atom. The van der Waals surface area contributed by atoms with Gasteiger partial charge in [-0.05, 0) is 12.2 Å². The van der Waals surface area contributed by atoms with Gasteiger partial charge in [-0.25, -0.2) is 18.2 Å². The third kappa shape index (κ3) is 3.48. The van der Waals surface area contributed by atoms with Crippen molar-refractivity contribution < 1.29 is 27.6 Å². The van der Waals surface area contributed by atoms with E-state index in [9.17, 15) is 27.6 Å². The predicted molar refractivity (Wildman–Crippen MR) is 93.3 cm³/mol. The number of nitrogens with one attached hydrogen (secondary N) is 1. The third-order valence-electron chi connectivity index (χ3n) is 4.80. The number of carbonyl (C=O) groups is 3. The van der Waals surface area contributed by atoms with Crippen LogP contribution in [0.15, 0.2) is 48.3 Å². The maximum Gasteiger partial charge on any atom is 0.267 e. The molecule has 29 heavy (non-hydrogen) atoms. The van der Waals surface area contributed by atoms with Gasteiger partial charge in [0.2, 0.25) is 11.8 Å². The van der Waals surface area contributed by atoms with E-state index in [2.05, 4.69) is 5.32 Å². The zero-order valence-corrected chi connectivity index (χ0v) is 14.9. The van der Waals surface area contributed by atoms with Crippen molar-refractivity contribution in [1.29, 1.82) is 0 Å². The van der Waals surface area contributed by atoms with Crippen LogP contribution in [0.5, 0.6) is 0 Å². The Labute approximate surface area is 163 Å². The predicted octanol–water partition coefficient (Wildman–Crippen LogP) is 1.16. The maximum atomic E-state index is 13.7. The lowest BCUT2D eigenvalue weighted by Gasteiger charge is -2.44. The molecule has 1 aromatic rings. The molecule has 0 aromatic heterocycles. The van der Waals surface area contributed by atoms with Crippen molar-refractivity contribution in [2.45, 2.75) is 6.54 Å². The summed E-state index contributed by atoms with van der Waals surface area (Å²) in [5.41, 5.74) is 0.0976. The highest BCUT2D eigenvalue weighted by Crippen LogP contribution is 2.27. The summed E-state index contributed by atoms with van der Waals surface area (Å²) in [6.45, 7) is -0.165. The van der Waals surface area contributed by atoms with Crippen LogP contribution < -0.4 is 5.32 Å². The molecule has 3 amide bonds. The second-order valence-electron chi connectivity index (χ2n) is 6.68. The van der Waals surface area contributed by atoms with Gasteiger partial charge in [0.25, 0.3) is 5.91 Å². The van der Waals surface area contributed by atoms with E-state index in [-0.39, 0.29) is 25.0 Å². The number of nitrogens with zero attached hydrogens (tertiary/aromatic N) is 3. The first-order chi connectivity index (χ1) is 13.8. The van der Waals surface area contributed by atoms with Crippen molar-refractivity contribution in [3.8, 4) is 0 Å². The van der Waals surface area contributed by atoms with Gasteiger partial charge >= 0.3 is 0 Å². The van der Waals surface area contributed by atoms with Gasteiger partial charge in [0.15, 0.2) is 0 Å². The standard InChI is InChI=1S/C19H15F3N4O3/c20-12-6-15(21)14(16(22)7-12)8-23-19(29)11-3-4-25-13(5-11)9-24-10-26(25)18(28)2-1-17(24)27/h1-7,11H,8-10H2,(H,23,29). The summed E-state index contributed by atoms with van der Waals surface area (Å²) in [6.07, 6.45) is 7.01. The van der Waals surface area contributed by atoms with Gasteiger partial charge in [-0.3, -0.25) is 19.4 Å². The van der Waals surface area contributed by atoms with Crippen LogP contribution in [0.1, 0.15) is 5.56 Å². The summed E-state index contributed by atoms with van der Waals surface area (Å²) in [6, 6.07) is 1.08. The highest BCUT2D eigenvalue weighted by Gasteiger charge is 2.35. The number of halogens is 3. The SMILES string of the molecule is O=C(NCc1c(F)cc(F)cc1F)C1C=CN2C(=C1)CN1CN2C(=O)C=CC1=O. The topological polar surface area (TPSA) is 73.0 Å². The van der Waals surface area contributed by atoms with Crippen molar-refractivity contribution in [3.05, 3.63) is 71.3 Å². The van der Waals surface area contributed by atoms with Crippen LogP contribution in [0.2, 0.25) is 0 Å². The zero-order valence-electron chi connectivity index (χ0n) is 14.9. The molecule has 1 atom stereocenters. The van der Waals surface area contributed by atoms with Gasteiger partial charge in [-0.1, -0.05) is 0 Å². The molecule has 2 bridgehead atoms. The Morgan fingerprint density at radius 1 is 1.10 bits per heavy atom. The smallest absolute Gasteiger partial charge is 0.267 e. The van der Waals surface area contributed by atoms with Crippen LogP contribution in [0.25, 0.3) is 0 Å². The summed E-state index contributed by atoms with van der Waals surface area (Å²) < 4.78 is 40.4. The van der Waals surface area contributed by atoms with Gasteiger partial charge in [0.05, 0.1) is 18.2 Å². The Balaban J connectivity index is 1.49. The van der Waals surface area contributed by atoms with Gasteiger partial charge in [0, 0.05) is 42.6 Å². The first-order valence-corrected chi connectivity index (χ1v) is 8.71. The minimum absolute atomic E-state index is 0.0896. The van der Waals surface area contributed by atoms with Crippen LogP contribution in [-0.2, 0) is 20.9 Å². The molecule has 3 aliphatic heterocycles. The molecule has 1 aromatic carbocycles. The van der Waals surface area contributed by atoms with E-state index in [1.807, 2.05) is 0 Å². The van der Waals surface area contributed by atoms with E-state index in [0.29, 0.717) is 17.8 Å². The number of hydrogen-bond donors (Lipinski definition) is 1. The van der Waals surface area contributed by atoms with E-state index < -0.39 is 41.4 Å². The van der Waals surface area contributed by atoms with E-state index in [1.54, 1.807) is 11.1 Å². The normalized spacial score (nSPS) is 20.4. The fourth-order valence-corrected chi connectivity index (χ4v) is 3.30. The lowest BCUT2D eigenvalue weighted by atomic mass is 10.0. The van der Waals surface area contributed by atoms with Crippen LogP contribution in [-0.4, -0.2) is 45.9 Å². The van der Waals surface area contributed by atoms with Gasteiger partial charge < -0.3 is 10.2 Å². The number of carbonyl (C=O) groups excluding carboxylic acids is 3. The highest BCUT2D eigenvalue weighted by atomic mass is 19.1. The van der Waals surface area contributed by atoms with Crippen molar-refractivity contribution in [3.63, 3.8) is 0 Å². The first-order valence-electron chi connectivity index (χ1n) is 8.71. The molecule has 150 valence electrons. The van der Waals surface area contributed by atoms with Crippen LogP contribution in [0.4, 0.5) is 13.2 Å². The Bertz CT molecular complexity index is 981. The Kier molecular flexibility index (Phi) is 4.61. The molecule has 3 heterocycles. The summed E-state index contributed by atoms with van der Waals surface area (Å²) in [4.78, 5) is 38.1. The molecule has 1 saturated heterocycles. The molecular weight excluding hydrogens is 389 g/mol. The van der Waals surface area contributed by atoms with E-state index in [0.717, 1.165) is 0 Å². The molecule has 0 aliphatic carbocycles. The first kappa shape index (κ1) is 18.8. The fourth-order valence-electron chi connectivity index (χ4n) is 3.30. The molecule has 1 unspecified atom stereocenters. The highest BCUT2D eigenvalue weighted by molar-refractivity contribution is 5.99. The molecule has 3 aliphatic rings. The van der Waals surface area contributed by atoms with E-state index in [4.69, 9.17) is 0 Å². The van der Waals surface area contributed by atoms with Gasteiger partial charge in [0.1, 0.15) is 24.1 Å². The number of benzene rings is 1. The van der Waals surface area contributed by atoms with Crippen LogP contribution in [0, 0.1) is 23.4 Å². The average molecular weight is 404 g/mol. The molecule has 7 nitrogen and oxygen atoms in total. The summed E-state index contributed by atoms with van der Waals surface area (Å²) >= 11 is 0. The molecule has 10 heteroatoms. The number of hydrogen-bond acceptors (Lipinski definition) is 4. The summed E-state index contributed by atoms with van der Waals surface area (Å²) in [5.74, 6) is -5.22.